The van der Waals surface area contributed by atoms with Gasteiger partial charge < -0.3 is 14.1 Å². The van der Waals surface area contributed by atoms with Crippen molar-refractivity contribution < 1.29 is 18.7 Å². The van der Waals surface area contributed by atoms with Gasteiger partial charge in [-0.1, -0.05) is 30.3 Å². The van der Waals surface area contributed by atoms with Crippen LogP contribution in [0.3, 0.4) is 0 Å². The van der Waals surface area contributed by atoms with Crippen molar-refractivity contribution in [3.05, 3.63) is 72.0 Å². The number of carbonyl (C=O) groups excluding carboxylic acids is 2. The number of ether oxygens (including phenoxy) is 1. The molecule has 5 heteroatoms. The van der Waals surface area contributed by atoms with Crippen LogP contribution in [0.5, 0.6) is 0 Å². The molecule has 0 spiro atoms. The van der Waals surface area contributed by atoms with E-state index in [0.29, 0.717) is 12.8 Å². The molecule has 154 valence electrons. The van der Waals surface area contributed by atoms with E-state index in [0.717, 1.165) is 41.4 Å². The highest BCUT2D eigenvalue weighted by Gasteiger charge is 2.43. The minimum Gasteiger partial charge on any atom is -0.464 e. The Bertz CT molecular complexity index is 1040. The third-order valence-corrected chi connectivity index (χ3v) is 6.50. The Hall–Kier alpha value is -3.08. The minimum atomic E-state index is -0.251. The molecule has 5 nitrogen and oxygen atoms in total. The van der Waals surface area contributed by atoms with Gasteiger partial charge in [-0.25, -0.2) is 4.79 Å². The Kier molecular flexibility index (Phi) is 5.03. The fraction of sp³-hybridized carbons (Fsp3) is 0.360. The first kappa shape index (κ1) is 18.9. The van der Waals surface area contributed by atoms with E-state index in [9.17, 15) is 9.59 Å². The maximum atomic E-state index is 13.2. The standard InChI is InChI=1S/C25H25NO4/c27-24(19-9-10-23-18(13-19)11-12-29-23)20-14-21-7-4-8-22(15-20)26(21)25(28)30-16-17-5-2-1-3-6-17/h1-3,5-6,9-13,20-22H,4,7-8,14-16H2. The van der Waals surface area contributed by atoms with Crippen molar-refractivity contribution in [3.63, 3.8) is 0 Å². The van der Waals surface area contributed by atoms with Gasteiger partial charge in [0.05, 0.1) is 6.26 Å². The number of fused-ring (bicyclic) bond motifs is 3. The normalized spacial score (nSPS) is 23.3. The van der Waals surface area contributed by atoms with E-state index in [2.05, 4.69) is 0 Å². The van der Waals surface area contributed by atoms with Gasteiger partial charge in [-0.3, -0.25) is 4.79 Å². The Balaban J connectivity index is 1.28. The fourth-order valence-corrected chi connectivity index (χ4v) is 5.04. The zero-order chi connectivity index (χ0) is 20.5. The lowest BCUT2D eigenvalue weighted by molar-refractivity contribution is 0.00473. The summed E-state index contributed by atoms with van der Waals surface area (Å²) in [4.78, 5) is 28.0. The molecular formula is C25H25NO4. The molecule has 2 aliphatic rings. The van der Waals surface area contributed by atoms with Gasteiger partial charge in [-0.2, -0.15) is 0 Å². The molecule has 2 atom stereocenters. The van der Waals surface area contributed by atoms with Gasteiger partial charge in [0.25, 0.3) is 0 Å². The summed E-state index contributed by atoms with van der Waals surface area (Å²) < 4.78 is 11.0. The lowest BCUT2D eigenvalue weighted by Gasteiger charge is -2.47. The zero-order valence-corrected chi connectivity index (χ0v) is 16.8. The number of hydrogen-bond acceptors (Lipinski definition) is 4. The number of carbonyl (C=O) groups is 2. The summed E-state index contributed by atoms with van der Waals surface area (Å²) in [7, 11) is 0. The first-order valence-corrected chi connectivity index (χ1v) is 10.7. The van der Waals surface area contributed by atoms with Crippen molar-refractivity contribution in [2.24, 2.45) is 5.92 Å². The third-order valence-electron chi connectivity index (χ3n) is 6.50. The fourth-order valence-electron chi connectivity index (χ4n) is 5.04. The van der Waals surface area contributed by atoms with Crippen molar-refractivity contribution in [2.45, 2.75) is 50.8 Å². The summed E-state index contributed by atoms with van der Waals surface area (Å²) in [6.07, 6.45) is 5.77. The molecule has 3 heterocycles. The number of furan rings is 1. The smallest absolute Gasteiger partial charge is 0.410 e. The van der Waals surface area contributed by atoms with Crippen molar-refractivity contribution in [3.8, 4) is 0 Å². The molecule has 0 N–H and O–H groups in total. The summed E-state index contributed by atoms with van der Waals surface area (Å²) in [6.45, 7) is 0.280. The summed E-state index contributed by atoms with van der Waals surface area (Å²) in [5, 5.41) is 0.947. The second kappa shape index (κ2) is 7.98. The first-order chi connectivity index (χ1) is 14.7. The van der Waals surface area contributed by atoms with E-state index in [1.54, 1.807) is 6.26 Å². The number of benzene rings is 2. The predicted octanol–water partition coefficient (Wildman–Crippen LogP) is 5.59. The largest absolute Gasteiger partial charge is 0.464 e. The maximum absolute atomic E-state index is 13.2. The molecular weight excluding hydrogens is 378 g/mol. The molecule has 0 radical (unpaired) electrons. The van der Waals surface area contributed by atoms with Crippen LogP contribution >= 0.6 is 0 Å². The van der Waals surface area contributed by atoms with Crippen molar-refractivity contribution in [1.82, 2.24) is 4.90 Å². The van der Waals surface area contributed by atoms with Crippen molar-refractivity contribution in [1.29, 1.82) is 0 Å². The molecule has 2 unspecified atom stereocenters. The second-order valence-corrected chi connectivity index (χ2v) is 8.39. The molecule has 5 rings (SSSR count). The number of piperidine rings is 2. The predicted molar refractivity (Wildman–Crippen MR) is 113 cm³/mol. The second-order valence-electron chi connectivity index (χ2n) is 8.39. The number of amides is 1. The Morgan fingerprint density at radius 2 is 1.77 bits per heavy atom. The van der Waals surface area contributed by atoms with Crippen LogP contribution in [-0.4, -0.2) is 28.9 Å². The molecule has 30 heavy (non-hydrogen) atoms. The first-order valence-electron chi connectivity index (χ1n) is 10.7. The molecule has 2 aliphatic heterocycles. The lowest BCUT2D eigenvalue weighted by atomic mass is 9.76. The van der Waals surface area contributed by atoms with Gasteiger partial charge in [0.15, 0.2) is 5.78 Å². The van der Waals surface area contributed by atoms with Crippen LogP contribution in [0.15, 0.2) is 65.3 Å². The lowest BCUT2D eigenvalue weighted by Crippen LogP contribution is -2.55. The van der Waals surface area contributed by atoms with E-state index in [1.807, 2.05) is 59.5 Å². The number of nitrogens with zero attached hydrogens (tertiary/aromatic N) is 1. The van der Waals surface area contributed by atoms with E-state index in [4.69, 9.17) is 9.15 Å². The topological polar surface area (TPSA) is 59.8 Å². The van der Waals surface area contributed by atoms with Crippen LogP contribution in [0.25, 0.3) is 11.0 Å². The Labute approximate surface area is 175 Å². The van der Waals surface area contributed by atoms with E-state index in [-0.39, 0.29) is 36.5 Å². The van der Waals surface area contributed by atoms with Crippen molar-refractivity contribution >= 4 is 22.8 Å². The minimum absolute atomic E-state index is 0.0529. The highest BCUT2D eigenvalue weighted by Crippen LogP contribution is 2.39. The maximum Gasteiger partial charge on any atom is 0.410 e. The molecule has 0 saturated carbocycles. The molecule has 2 saturated heterocycles. The number of ketones is 1. The Morgan fingerprint density at radius 1 is 1.00 bits per heavy atom. The summed E-state index contributed by atoms with van der Waals surface area (Å²) in [5.41, 5.74) is 2.50. The molecule has 2 fully saturated rings. The van der Waals surface area contributed by atoms with Crippen molar-refractivity contribution in [2.75, 3.05) is 0 Å². The van der Waals surface area contributed by atoms with Gasteiger partial charge in [-0.05, 0) is 61.9 Å². The summed E-state index contributed by atoms with van der Waals surface area (Å²) in [6, 6.07) is 17.4. The van der Waals surface area contributed by atoms with Crippen LogP contribution in [0.4, 0.5) is 4.79 Å². The number of rotatable bonds is 4. The average molecular weight is 403 g/mol. The van der Waals surface area contributed by atoms with Gasteiger partial charge >= 0.3 is 6.09 Å². The highest BCUT2D eigenvalue weighted by atomic mass is 16.6. The van der Waals surface area contributed by atoms with Gasteiger partial charge in [-0.15, -0.1) is 0 Å². The molecule has 2 bridgehead atoms. The SMILES string of the molecule is O=C(c1ccc2occc2c1)C1CC2CCCC(C1)N2C(=O)OCc1ccccc1. The van der Waals surface area contributed by atoms with E-state index < -0.39 is 0 Å². The van der Waals surface area contributed by atoms with Gasteiger partial charge in [0, 0.05) is 29.0 Å². The molecule has 1 amide bonds. The summed E-state index contributed by atoms with van der Waals surface area (Å²) >= 11 is 0. The van der Waals surface area contributed by atoms with Crippen LogP contribution in [0.2, 0.25) is 0 Å². The van der Waals surface area contributed by atoms with E-state index in [1.165, 1.54) is 0 Å². The Morgan fingerprint density at radius 3 is 2.53 bits per heavy atom. The van der Waals surface area contributed by atoms with Crippen LogP contribution < -0.4 is 0 Å². The highest BCUT2D eigenvalue weighted by molar-refractivity contribution is 6.00. The molecule has 0 aliphatic carbocycles. The molecule has 2 aromatic carbocycles. The number of Topliss-reactive ketones (excluding diaryl/α,β-unsaturated/α-hetero) is 1. The molecule has 1 aromatic heterocycles. The van der Waals surface area contributed by atoms with Gasteiger partial charge in [0.1, 0.15) is 12.2 Å². The molecule has 3 aromatic rings. The zero-order valence-electron chi connectivity index (χ0n) is 16.8. The number of hydrogen-bond donors (Lipinski definition) is 0. The summed E-state index contributed by atoms with van der Waals surface area (Å²) in [5.74, 6) is 0.120. The monoisotopic (exact) mass is 403 g/mol. The third kappa shape index (κ3) is 3.60. The van der Waals surface area contributed by atoms with E-state index >= 15 is 0 Å². The van der Waals surface area contributed by atoms with Crippen LogP contribution in [-0.2, 0) is 11.3 Å². The van der Waals surface area contributed by atoms with Crippen LogP contribution in [0.1, 0.15) is 48.0 Å². The van der Waals surface area contributed by atoms with Gasteiger partial charge in [0.2, 0.25) is 0 Å². The van der Waals surface area contributed by atoms with Crippen LogP contribution in [0, 0.1) is 5.92 Å². The average Bonchev–Trinajstić information content (AvgIpc) is 3.24. The quantitative estimate of drug-likeness (QED) is 0.533.